The number of nitrogens with one attached hydrogen (secondary N) is 1. The van der Waals surface area contributed by atoms with Crippen LogP contribution in [0.1, 0.15) is 25.2 Å². The molecule has 21 heavy (non-hydrogen) atoms. The smallest absolute Gasteiger partial charge is 0.407 e. The predicted octanol–water partition coefficient (Wildman–Crippen LogP) is 1.50. The van der Waals surface area contributed by atoms with Crippen molar-refractivity contribution in [2.75, 3.05) is 18.4 Å². The standard InChI is InChI=1S/C13H19BrN4O3/c1-3-7-11(14)15-8(4-2)12(16-7)17-9-5-18(13(20)21)6-10(9)19/h9-10,19H,3-6H2,1-2H3,(H,16,17)(H,20,21)/t9-,10+/m1/s1. The Morgan fingerprint density at radius 2 is 2.00 bits per heavy atom. The lowest BCUT2D eigenvalue weighted by Gasteiger charge is -2.19. The molecular formula is C13H19BrN4O3. The number of aliphatic hydroxyl groups excluding tert-OH is 1. The summed E-state index contributed by atoms with van der Waals surface area (Å²) in [7, 11) is 0. The molecule has 1 aliphatic rings. The van der Waals surface area contributed by atoms with Gasteiger partial charge in [0.05, 0.1) is 30.1 Å². The third-order valence-corrected chi connectivity index (χ3v) is 4.18. The van der Waals surface area contributed by atoms with Gasteiger partial charge in [-0.2, -0.15) is 0 Å². The molecule has 1 aromatic heterocycles. The zero-order valence-electron chi connectivity index (χ0n) is 12.0. The lowest BCUT2D eigenvalue weighted by molar-refractivity contribution is 0.139. The maximum Gasteiger partial charge on any atom is 0.407 e. The number of carbonyl (C=O) groups is 1. The van der Waals surface area contributed by atoms with Gasteiger partial charge < -0.3 is 20.4 Å². The van der Waals surface area contributed by atoms with E-state index in [1.165, 1.54) is 4.90 Å². The molecule has 1 fully saturated rings. The molecule has 0 saturated carbocycles. The van der Waals surface area contributed by atoms with Gasteiger partial charge in [0, 0.05) is 6.54 Å². The van der Waals surface area contributed by atoms with E-state index in [4.69, 9.17) is 5.11 Å². The van der Waals surface area contributed by atoms with Gasteiger partial charge in [0.15, 0.2) is 0 Å². The number of aryl methyl sites for hydroxylation is 2. The van der Waals surface area contributed by atoms with Crippen molar-refractivity contribution in [1.29, 1.82) is 0 Å². The molecule has 1 aliphatic heterocycles. The van der Waals surface area contributed by atoms with Gasteiger partial charge in [-0.05, 0) is 28.8 Å². The third kappa shape index (κ3) is 3.44. The van der Waals surface area contributed by atoms with Crippen LogP contribution in [0, 0.1) is 0 Å². The average molecular weight is 359 g/mol. The highest BCUT2D eigenvalue weighted by molar-refractivity contribution is 9.10. The van der Waals surface area contributed by atoms with Gasteiger partial charge in [-0.1, -0.05) is 13.8 Å². The summed E-state index contributed by atoms with van der Waals surface area (Å²) in [4.78, 5) is 21.2. The van der Waals surface area contributed by atoms with E-state index in [0.29, 0.717) is 12.2 Å². The monoisotopic (exact) mass is 358 g/mol. The van der Waals surface area contributed by atoms with E-state index < -0.39 is 12.2 Å². The number of hydrogen-bond donors (Lipinski definition) is 3. The summed E-state index contributed by atoms with van der Waals surface area (Å²) in [5.41, 5.74) is 1.62. The Morgan fingerprint density at radius 3 is 2.52 bits per heavy atom. The Morgan fingerprint density at radius 1 is 1.33 bits per heavy atom. The van der Waals surface area contributed by atoms with Crippen molar-refractivity contribution >= 4 is 27.8 Å². The molecule has 0 aromatic carbocycles. The van der Waals surface area contributed by atoms with E-state index in [2.05, 4.69) is 31.2 Å². The molecule has 8 heteroatoms. The fraction of sp³-hybridized carbons (Fsp3) is 0.615. The molecule has 1 aromatic rings. The highest BCUT2D eigenvalue weighted by Gasteiger charge is 2.34. The summed E-state index contributed by atoms with van der Waals surface area (Å²) in [6, 6.07) is -0.369. The third-order valence-electron chi connectivity index (χ3n) is 3.54. The number of aromatic nitrogens is 2. The van der Waals surface area contributed by atoms with Crippen LogP contribution >= 0.6 is 15.9 Å². The summed E-state index contributed by atoms with van der Waals surface area (Å²) in [6.45, 7) is 4.31. The number of halogens is 1. The SMILES string of the molecule is CCc1nc(N[C@@H]2CN(C(=O)O)C[C@@H]2O)c(CC)nc1Br. The molecule has 1 amide bonds. The zero-order valence-corrected chi connectivity index (χ0v) is 13.6. The Kier molecular flexibility index (Phi) is 5.00. The van der Waals surface area contributed by atoms with Crippen LogP contribution in [0.25, 0.3) is 0 Å². The predicted molar refractivity (Wildman–Crippen MR) is 81.5 cm³/mol. The van der Waals surface area contributed by atoms with Gasteiger partial charge in [-0.3, -0.25) is 0 Å². The molecule has 2 heterocycles. The molecule has 0 bridgehead atoms. The molecule has 116 valence electrons. The van der Waals surface area contributed by atoms with Gasteiger partial charge in [-0.15, -0.1) is 0 Å². The zero-order chi connectivity index (χ0) is 15.6. The van der Waals surface area contributed by atoms with Crippen molar-refractivity contribution in [3.8, 4) is 0 Å². The summed E-state index contributed by atoms with van der Waals surface area (Å²) in [5.74, 6) is 0.619. The molecular weight excluding hydrogens is 340 g/mol. The molecule has 3 N–H and O–H groups in total. The number of hydrogen-bond acceptors (Lipinski definition) is 5. The second kappa shape index (κ2) is 6.57. The Labute approximate surface area is 131 Å². The lowest BCUT2D eigenvalue weighted by Crippen LogP contribution is -2.33. The van der Waals surface area contributed by atoms with E-state index in [0.717, 1.165) is 22.4 Å². The maximum atomic E-state index is 11.0. The first-order chi connectivity index (χ1) is 9.96. The van der Waals surface area contributed by atoms with Crippen LogP contribution in [0.15, 0.2) is 4.60 Å². The molecule has 2 atom stereocenters. The molecule has 7 nitrogen and oxygen atoms in total. The molecule has 0 spiro atoms. The second-order valence-electron chi connectivity index (χ2n) is 4.97. The first-order valence-electron chi connectivity index (χ1n) is 6.94. The summed E-state index contributed by atoms with van der Waals surface area (Å²) in [5, 5.41) is 22.1. The van der Waals surface area contributed by atoms with Crippen molar-refractivity contribution in [2.45, 2.75) is 38.8 Å². The van der Waals surface area contributed by atoms with Crippen molar-refractivity contribution in [3.05, 3.63) is 16.0 Å². The van der Waals surface area contributed by atoms with Crippen molar-refractivity contribution < 1.29 is 15.0 Å². The van der Waals surface area contributed by atoms with Gasteiger partial charge in [0.25, 0.3) is 0 Å². The quantitative estimate of drug-likeness (QED) is 0.754. The van der Waals surface area contributed by atoms with Crippen molar-refractivity contribution in [1.82, 2.24) is 14.9 Å². The maximum absolute atomic E-state index is 11.0. The van der Waals surface area contributed by atoms with Crippen LogP contribution in [0.2, 0.25) is 0 Å². The van der Waals surface area contributed by atoms with E-state index in [1.807, 2.05) is 13.8 Å². The minimum atomic E-state index is -1.02. The minimum Gasteiger partial charge on any atom is -0.465 e. The van der Waals surface area contributed by atoms with Crippen LogP contribution in [-0.4, -0.2) is 56.4 Å². The molecule has 0 radical (unpaired) electrons. The van der Waals surface area contributed by atoms with Gasteiger partial charge in [-0.25, -0.2) is 14.8 Å². The van der Waals surface area contributed by atoms with Gasteiger partial charge in [0.2, 0.25) is 0 Å². The first-order valence-corrected chi connectivity index (χ1v) is 7.73. The van der Waals surface area contributed by atoms with Gasteiger partial charge >= 0.3 is 6.09 Å². The molecule has 0 aliphatic carbocycles. The van der Waals surface area contributed by atoms with E-state index in [9.17, 15) is 9.90 Å². The Bertz CT molecular complexity index is 540. The van der Waals surface area contributed by atoms with Crippen molar-refractivity contribution in [2.24, 2.45) is 0 Å². The van der Waals surface area contributed by atoms with Crippen LogP contribution in [-0.2, 0) is 12.8 Å². The van der Waals surface area contributed by atoms with Crippen LogP contribution in [0.5, 0.6) is 0 Å². The van der Waals surface area contributed by atoms with Crippen LogP contribution < -0.4 is 5.32 Å². The van der Waals surface area contributed by atoms with E-state index in [1.54, 1.807) is 0 Å². The topological polar surface area (TPSA) is 98.6 Å². The van der Waals surface area contributed by atoms with Gasteiger partial charge in [0.1, 0.15) is 10.4 Å². The normalized spacial score (nSPS) is 21.6. The number of nitrogens with zero attached hydrogens (tertiary/aromatic N) is 3. The summed E-state index contributed by atoms with van der Waals surface area (Å²) >= 11 is 3.40. The number of aliphatic hydroxyl groups is 1. The highest BCUT2D eigenvalue weighted by Crippen LogP contribution is 2.22. The summed E-state index contributed by atoms with van der Waals surface area (Å²) in [6.07, 6.45) is -0.337. The molecule has 1 saturated heterocycles. The largest absolute Gasteiger partial charge is 0.465 e. The lowest BCUT2D eigenvalue weighted by atomic mass is 10.2. The molecule has 2 rings (SSSR count). The van der Waals surface area contributed by atoms with E-state index >= 15 is 0 Å². The van der Waals surface area contributed by atoms with Crippen molar-refractivity contribution in [3.63, 3.8) is 0 Å². The minimum absolute atomic E-state index is 0.110. The summed E-state index contributed by atoms with van der Waals surface area (Å²) < 4.78 is 0.728. The number of amides is 1. The molecule has 0 unspecified atom stereocenters. The first kappa shape index (κ1) is 16.0. The Balaban J connectivity index is 2.21. The number of rotatable bonds is 4. The number of anilines is 1. The second-order valence-corrected chi connectivity index (χ2v) is 5.72. The highest BCUT2D eigenvalue weighted by atomic mass is 79.9. The van der Waals surface area contributed by atoms with Crippen LogP contribution in [0.4, 0.5) is 10.6 Å². The number of carboxylic acid groups (broad SMARTS) is 1. The number of likely N-dealkylation sites (tertiary alicyclic amines) is 1. The van der Waals surface area contributed by atoms with Crippen LogP contribution in [0.3, 0.4) is 0 Å². The number of β-amino-alcohol motifs (C(OH)–C–C–N with tert-alkyl or cyclic N) is 1. The Hall–Kier alpha value is -1.41. The fourth-order valence-corrected chi connectivity index (χ4v) is 2.91. The fourth-order valence-electron chi connectivity index (χ4n) is 2.33. The van der Waals surface area contributed by atoms with E-state index in [-0.39, 0.29) is 19.1 Å². The average Bonchev–Trinajstić information content (AvgIpc) is 2.82.